The zero-order valence-electron chi connectivity index (χ0n) is 21.2. The summed E-state index contributed by atoms with van der Waals surface area (Å²) in [6, 6.07) is 21.5. The Balaban J connectivity index is 0.000000226. The Labute approximate surface area is 224 Å². The first-order chi connectivity index (χ1) is 18.9. The number of hydrogen-bond acceptors (Lipinski definition) is 5. The number of aromatic nitrogens is 2. The predicted octanol–water partition coefficient (Wildman–Crippen LogP) is 6.02. The van der Waals surface area contributed by atoms with Crippen LogP contribution in [0, 0.1) is 23.0 Å². The molecule has 0 amide bonds. The lowest BCUT2D eigenvalue weighted by atomic mass is 9.95. The fraction of sp³-hybridized carbons (Fsp3) is 0.129. The van der Waals surface area contributed by atoms with E-state index in [1.165, 1.54) is 12.1 Å². The number of aromatic hydroxyl groups is 1. The second kappa shape index (κ2) is 12.6. The fourth-order valence-electron chi connectivity index (χ4n) is 4.42. The third-order valence-electron chi connectivity index (χ3n) is 6.24. The van der Waals surface area contributed by atoms with Gasteiger partial charge < -0.3 is 20.2 Å². The third kappa shape index (κ3) is 6.72. The molecule has 0 fully saturated rings. The minimum Gasteiger partial charge on any atom is -0.508 e. The molecule has 1 atom stereocenters. The number of nitriles is 1. The molecule has 0 aliphatic heterocycles. The molecule has 2 aromatic heterocycles. The summed E-state index contributed by atoms with van der Waals surface area (Å²) in [7, 11) is 1.78. The number of carbonyl (C=O) groups is 1. The van der Waals surface area contributed by atoms with Crippen molar-refractivity contribution in [1.29, 1.82) is 5.26 Å². The van der Waals surface area contributed by atoms with E-state index in [0.717, 1.165) is 45.6 Å². The van der Waals surface area contributed by atoms with Crippen LogP contribution in [0.3, 0.4) is 0 Å². The molecule has 0 saturated heterocycles. The molecule has 0 radical (unpaired) electrons. The monoisotopic (exact) mass is 524 g/mol. The van der Waals surface area contributed by atoms with E-state index < -0.39 is 11.6 Å². The summed E-state index contributed by atoms with van der Waals surface area (Å²) in [6.07, 6.45) is 5.09. The van der Waals surface area contributed by atoms with Crippen LogP contribution in [-0.4, -0.2) is 28.4 Å². The van der Waals surface area contributed by atoms with E-state index >= 15 is 0 Å². The van der Waals surface area contributed by atoms with Gasteiger partial charge in [-0.3, -0.25) is 4.98 Å². The van der Waals surface area contributed by atoms with E-state index in [4.69, 9.17) is 5.26 Å². The number of benzene rings is 3. The van der Waals surface area contributed by atoms with Gasteiger partial charge in [0.25, 0.3) is 0 Å². The number of nitrogens with zero attached hydrogens (tertiary/aromatic N) is 2. The second-order valence-corrected chi connectivity index (χ2v) is 8.87. The molecule has 0 aliphatic carbocycles. The number of H-pyrrole nitrogens is 1. The molecule has 3 N–H and O–H groups in total. The topological polar surface area (TPSA) is 102 Å². The van der Waals surface area contributed by atoms with Crippen LogP contribution in [0.15, 0.2) is 85.2 Å². The Morgan fingerprint density at radius 1 is 1.08 bits per heavy atom. The lowest BCUT2D eigenvalue weighted by Crippen LogP contribution is -2.21. The first-order valence-corrected chi connectivity index (χ1v) is 12.2. The molecule has 2 heterocycles. The van der Waals surface area contributed by atoms with Gasteiger partial charge in [-0.1, -0.05) is 18.2 Å². The van der Waals surface area contributed by atoms with Crippen molar-refractivity contribution in [2.24, 2.45) is 0 Å². The largest absolute Gasteiger partial charge is 0.508 e. The van der Waals surface area contributed by atoms with E-state index in [-0.39, 0.29) is 11.8 Å². The molecule has 39 heavy (non-hydrogen) atoms. The van der Waals surface area contributed by atoms with Gasteiger partial charge in [-0.25, -0.2) is 8.78 Å². The molecule has 1 unspecified atom stereocenters. The smallest absolute Gasteiger partial charge is 0.126 e. The van der Waals surface area contributed by atoms with Gasteiger partial charge in [0, 0.05) is 41.3 Å². The van der Waals surface area contributed by atoms with Crippen LogP contribution in [0.25, 0.3) is 22.0 Å². The fourth-order valence-corrected chi connectivity index (χ4v) is 4.42. The van der Waals surface area contributed by atoms with E-state index in [9.17, 15) is 18.7 Å². The highest BCUT2D eigenvalue weighted by Gasteiger charge is 2.18. The van der Waals surface area contributed by atoms with Crippen LogP contribution in [0.4, 0.5) is 8.78 Å². The van der Waals surface area contributed by atoms with Crippen LogP contribution in [0.5, 0.6) is 5.75 Å². The number of phenolic OH excluding ortho intramolecular Hbond substituents is 1. The molecular formula is C31H26F2N4O2. The van der Waals surface area contributed by atoms with Crippen molar-refractivity contribution in [3.8, 4) is 22.9 Å². The van der Waals surface area contributed by atoms with Gasteiger partial charge in [-0.05, 0) is 78.7 Å². The number of carbonyl (C=O) groups excluding carboxylic acids is 1. The van der Waals surface area contributed by atoms with Crippen molar-refractivity contribution >= 4 is 17.2 Å². The van der Waals surface area contributed by atoms with Crippen molar-refractivity contribution in [3.63, 3.8) is 0 Å². The second-order valence-electron chi connectivity index (χ2n) is 8.87. The minimum absolute atomic E-state index is 0.222. The maximum Gasteiger partial charge on any atom is 0.126 e. The predicted molar refractivity (Wildman–Crippen MR) is 146 cm³/mol. The Kier molecular flexibility index (Phi) is 8.77. The molecule has 0 saturated carbocycles. The summed E-state index contributed by atoms with van der Waals surface area (Å²) < 4.78 is 27.0. The van der Waals surface area contributed by atoms with Crippen LogP contribution in [0.2, 0.25) is 0 Å². The Morgan fingerprint density at radius 3 is 2.59 bits per heavy atom. The molecular weight excluding hydrogens is 498 g/mol. The van der Waals surface area contributed by atoms with Crippen molar-refractivity contribution in [2.75, 3.05) is 7.05 Å². The molecule has 3 aromatic carbocycles. The number of halogens is 2. The zero-order valence-corrected chi connectivity index (χ0v) is 21.2. The number of nitrogens with one attached hydrogen (secondary N) is 2. The van der Waals surface area contributed by atoms with Gasteiger partial charge >= 0.3 is 0 Å². The summed E-state index contributed by atoms with van der Waals surface area (Å²) in [5, 5.41) is 22.5. The summed E-state index contributed by atoms with van der Waals surface area (Å²) >= 11 is 0. The number of fused-ring (bicyclic) bond motifs is 1. The van der Waals surface area contributed by atoms with E-state index in [1.54, 1.807) is 49.8 Å². The number of rotatable bonds is 7. The molecule has 5 aromatic rings. The number of aromatic amines is 1. The van der Waals surface area contributed by atoms with E-state index in [1.807, 2.05) is 24.3 Å². The Morgan fingerprint density at radius 2 is 1.87 bits per heavy atom. The SMILES string of the molecule is CNC(Cc1cc(F)cc(F)c1)c1ncccc1-c1cccc(C#N)c1.O=CCc1c[nH]c2ccc(O)cc12. The summed E-state index contributed by atoms with van der Waals surface area (Å²) in [5.41, 5.74) is 5.47. The van der Waals surface area contributed by atoms with Crippen LogP contribution < -0.4 is 5.32 Å². The first kappa shape index (κ1) is 27.2. The van der Waals surface area contributed by atoms with Crippen molar-refractivity contribution < 1.29 is 18.7 Å². The number of phenols is 1. The highest BCUT2D eigenvalue weighted by Crippen LogP contribution is 2.29. The highest BCUT2D eigenvalue weighted by molar-refractivity contribution is 5.86. The van der Waals surface area contributed by atoms with Gasteiger partial charge in [0.1, 0.15) is 23.7 Å². The molecule has 5 rings (SSSR count). The summed E-state index contributed by atoms with van der Waals surface area (Å²) in [6.45, 7) is 0. The molecule has 0 spiro atoms. The average Bonchev–Trinajstić information content (AvgIpc) is 3.33. The van der Waals surface area contributed by atoms with Gasteiger partial charge in [0.15, 0.2) is 0 Å². The van der Waals surface area contributed by atoms with Crippen LogP contribution in [0.1, 0.15) is 28.4 Å². The molecule has 0 aliphatic rings. The number of likely N-dealkylation sites (N-methyl/N-ethyl adjacent to an activating group) is 1. The molecule has 196 valence electrons. The van der Waals surface area contributed by atoms with Crippen molar-refractivity contribution in [2.45, 2.75) is 18.9 Å². The van der Waals surface area contributed by atoms with Gasteiger partial charge in [-0.2, -0.15) is 5.26 Å². The normalized spacial score (nSPS) is 11.3. The quantitative estimate of drug-likeness (QED) is 0.226. The van der Waals surface area contributed by atoms with E-state index in [2.05, 4.69) is 21.4 Å². The standard InChI is InChI=1S/C21H17F2N3.C10H9NO2/c1-25-20(11-15-9-17(22)12-18(23)10-15)21-19(6-3-7-26-21)16-5-2-4-14(8-16)13-24;12-4-3-7-6-11-10-2-1-8(13)5-9(7)10/h2-10,12,20,25H,11H2,1H3;1-2,4-6,11,13H,3H2. The lowest BCUT2D eigenvalue weighted by Gasteiger charge is -2.19. The number of pyridine rings is 1. The van der Waals surface area contributed by atoms with Gasteiger partial charge in [0.2, 0.25) is 0 Å². The summed E-state index contributed by atoms with van der Waals surface area (Å²) in [5.74, 6) is -0.977. The lowest BCUT2D eigenvalue weighted by molar-refractivity contribution is -0.107. The number of hydrogen-bond donors (Lipinski definition) is 3. The van der Waals surface area contributed by atoms with Gasteiger partial charge in [-0.15, -0.1) is 0 Å². The Bertz CT molecular complexity index is 1620. The summed E-state index contributed by atoms with van der Waals surface area (Å²) in [4.78, 5) is 17.8. The number of aldehydes is 1. The molecule has 8 heteroatoms. The third-order valence-corrected chi connectivity index (χ3v) is 6.24. The minimum atomic E-state index is -0.599. The zero-order chi connectivity index (χ0) is 27.8. The average molecular weight is 525 g/mol. The maximum absolute atomic E-state index is 13.5. The van der Waals surface area contributed by atoms with E-state index in [0.29, 0.717) is 24.0 Å². The molecule has 0 bridgehead atoms. The Hall–Kier alpha value is -4.87. The van der Waals surface area contributed by atoms with Crippen molar-refractivity contribution in [3.05, 3.63) is 119 Å². The van der Waals surface area contributed by atoms with Crippen molar-refractivity contribution in [1.82, 2.24) is 15.3 Å². The van der Waals surface area contributed by atoms with Crippen LogP contribution >= 0.6 is 0 Å². The highest BCUT2D eigenvalue weighted by atomic mass is 19.1. The van der Waals surface area contributed by atoms with Gasteiger partial charge in [0.05, 0.1) is 23.4 Å². The molecule has 6 nitrogen and oxygen atoms in total. The van der Waals surface area contributed by atoms with Crippen LogP contribution in [-0.2, 0) is 17.6 Å². The first-order valence-electron chi connectivity index (χ1n) is 12.2. The maximum atomic E-state index is 13.5.